The van der Waals surface area contributed by atoms with Crippen molar-refractivity contribution >= 4 is 40.8 Å². The largest absolute Gasteiger partial charge is 0.349 e. The van der Waals surface area contributed by atoms with Crippen molar-refractivity contribution in [2.75, 3.05) is 5.75 Å². The fraction of sp³-hybridized carbons (Fsp3) is 0.348. The summed E-state index contributed by atoms with van der Waals surface area (Å²) >= 11 is 7.03. The van der Waals surface area contributed by atoms with Gasteiger partial charge in [0.2, 0.25) is 5.91 Å². The molecule has 0 bridgehead atoms. The number of aromatic nitrogens is 2. The van der Waals surface area contributed by atoms with Crippen molar-refractivity contribution in [3.05, 3.63) is 69.0 Å². The molecule has 2 aromatic carbocycles. The van der Waals surface area contributed by atoms with E-state index in [4.69, 9.17) is 12.2 Å². The molecule has 8 heteroatoms. The van der Waals surface area contributed by atoms with E-state index in [0.29, 0.717) is 23.1 Å². The molecule has 31 heavy (non-hydrogen) atoms. The van der Waals surface area contributed by atoms with Crippen LogP contribution in [-0.4, -0.2) is 21.2 Å². The van der Waals surface area contributed by atoms with Crippen LogP contribution in [0, 0.1) is 10.6 Å². The predicted octanol–water partition coefficient (Wildman–Crippen LogP) is 5.11. The standard InChI is InChI=1S/C23H24FN3O2S2/c24-15-9-10-20-17(14-15)19(11-13-31-20)25-21(28)8-2-1-5-12-27-22(29)16-6-3-4-7-18(16)26-23(27)30/h3-4,6-7,9-10,14,19H,1-2,5,8,11-13H2,(H,25,28)(H,26,30). The number of halogens is 1. The topological polar surface area (TPSA) is 66.9 Å². The third kappa shape index (κ3) is 5.07. The van der Waals surface area contributed by atoms with E-state index in [1.807, 2.05) is 18.2 Å². The lowest BCUT2D eigenvalue weighted by molar-refractivity contribution is -0.122. The number of fused-ring (bicyclic) bond motifs is 2. The van der Waals surface area contributed by atoms with E-state index in [9.17, 15) is 14.0 Å². The third-order valence-corrected chi connectivity index (χ3v) is 6.97. The molecule has 4 rings (SSSR count). The number of carbonyl (C=O) groups is 1. The molecule has 0 spiro atoms. The molecule has 1 atom stereocenters. The molecule has 1 aliphatic heterocycles. The van der Waals surface area contributed by atoms with Crippen LogP contribution in [0.1, 0.15) is 43.7 Å². The number of aromatic amines is 1. The smallest absolute Gasteiger partial charge is 0.262 e. The Morgan fingerprint density at radius 2 is 2.06 bits per heavy atom. The van der Waals surface area contributed by atoms with Crippen molar-refractivity contribution < 1.29 is 9.18 Å². The minimum Gasteiger partial charge on any atom is -0.349 e. The quantitative estimate of drug-likeness (QED) is 0.382. The number of H-pyrrole nitrogens is 1. The van der Waals surface area contributed by atoms with Crippen molar-refractivity contribution in [2.45, 2.75) is 49.6 Å². The van der Waals surface area contributed by atoms with Crippen molar-refractivity contribution in [2.24, 2.45) is 0 Å². The zero-order valence-electron chi connectivity index (χ0n) is 17.0. The van der Waals surface area contributed by atoms with Gasteiger partial charge in [0.15, 0.2) is 4.77 Å². The van der Waals surface area contributed by atoms with E-state index in [-0.39, 0.29) is 23.3 Å². The molecule has 0 saturated heterocycles. The number of unbranched alkanes of at least 4 members (excludes halogenated alkanes) is 2. The van der Waals surface area contributed by atoms with Crippen molar-refractivity contribution in [3.8, 4) is 0 Å². The lowest BCUT2D eigenvalue weighted by Gasteiger charge is -2.26. The van der Waals surface area contributed by atoms with Gasteiger partial charge in [0.05, 0.1) is 16.9 Å². The molecule has 2 heterocycles. The zero-order chi connectivity index (χ0) is 21.8. The van der Waals surface area contributed by atoms with Crippen LogP contribution >= 0.6 is 24.0 Å². The molecule has 1 unspecified atom stereocenters. The van der Waals surface area contributed by atoms with Gasteiger partial charge in [-0.25, -0.2) is 4.39 Å². The van der Waals surface area contributed by atoms with Gasteiger partial charge in [0.25, 0.3) is 5.56 Å². The number of hydrogen-bond donors (Lipinski definition) is 2. The van der Waals surface area contributed by atoms with Gasteiger partial charge in [-0.1, -0.05) is 18.6 Å². The second-order valence-corrected chi connectivity index (χ2v) is 9.21. The lowest BCUT2D eigenvalue weighted by atomic mass is 10.0. The molecule has 0 saturated carbocycles. The fourth-order valence-electron chi connectivity index (χ4n) is 3.92. The van der Waals surface area contributed by atoms with Crippen LogP contribution in [0.15, 0.2) is 52.2 Å². The highest BCUT2D eigenvalue weighted by molar-refractivity contribution is 7.99. The summed E-state index contributed by atoms with van der Waals surface area (Å²) in [7, 11) is 0. The first-order valence-corrected chi connectivity index (χ1v) is 11.9. The van der Waals surface area contributed by atoms with Crippen molar-refractivity contribution in [1.82, 2.24) is 14.9 Å². The summed E-state index contributed by atoms with van der Waals surface area (Å²) in [6.45, 7) is 0.521. The van der Waals surface area contributed by atoms with Gasteiger partial charge in [0.1, 0.15) is 5.82 Å². The number of rotatable bonds is 7. The van der Waals surface area contributed by atoms with Crippen LogP contribution in [0.4, 0.5) is 4.39 Å². The van der Waals surface area contributed by atoms with Gasteiger partial charge in [-0.05, 0) is 67.4 Å². The molecule has 1 amide bonds. The van der Waals surface area contributed by atoms with Crippen LogP contribution in [-0.2, 0) is 11.3 Å². The van der Waals surface area contributed by atoms with Crippen LogP contribution in [0.2, 0.25) is 0 Å². The maximum Gasteiger partial charge on any atom is 0.262 e. The first-order chi connectivity index (χ1) is 15.0. The van der Waals surface area contributed by atoms with Gasteiger partial charge in [-0.3, -0.25) is 14.2 Å². The molecule has 0 radical (unpaired) electrons. The van der Waals surface area contributed by atoms with E-state index in [1.54, 1.807) is 28.5 Å². The molecule has 0 aliphatic carbocycles. The third-order valence-electron chi connectivity index (χ3n) is 5.52. The Labute approximate surface area is 189 Å². The second-order valence-electron chi connectivity index (χ2n) is 7.68. The SMILES string of the molecule is O=C(CCCCCn1c(=S)[nH]c2ccccc2c1=O)NC1CCSc2ccc(F)cc21. The van der Waals surface area contributed by atoms with Crippen LogP contribution < -0.4 is 10.9 Å². The monoisotopic (exact) mass is 457 g/mol. The van der Waals surface area contributed by atoms with E-state index in [1.165, 1.54) is 12.1 Å². The summed E-state index contributed by atoms with van der Waals surface area (Å²) in [4.78, 5) is 29.2. The van der Waals surface area contributed by atoms with Crippen molar-refractivity contribution in [3.63, 3.8) is 0 Å². The molecule has 3 aromatic rings. The molecule has 162 valence electrons. The van der Waals surface area contributed by atoms with E-state index in [2.05, 4.69) is 10.3 Å². The molecule has 1 aromatic heterocycles. The molecule has 1 aliphatic rings. The van der Waals surface area contributed by atoms with Crippen LogP contribution in [0.25, 0.3) is 10.9 Å². The van der Waals surface area contributed by atoms with E-state index >= 15 is 0 Å². The number of carbonyl (C=O) groups excluding carboxylic acids is 1. The maximum absolute atomic E-state index is 13.6. The van der Waals surface area contributed by atoms with Gasteiger partial charge < -0.3 is 10.3 Å². The lowest BCUT2D eigenvalue weighted by Crippen LogP contribution is -2.30. The summed E-state index contributed by atoms with van der Waals surface area (Å²) in [5.41, 5.74) is 1.53. The number of amides is 1. The van der Waals surface area contributed by atoms with E-state index in [0.717, 1.165) is 47.4 Å². The van der Waals surface area contributed by atoms with Gasteiger partial charge in [-0.2, -0.15) is 0 Å². The molecule has 2 N–H and O–H groups in total. The van der Waals surface area contributed by atoms with Gasteiger partial charge in [-0.15, -0.1) is 11.8 Å². The summed E-state index contributed by atoms with van der Waals surface area (Å²) in [5.74, 6) is 0.611. The Kier molecular flexibility index (Phi) is 6.87. The first kappa shape index (κ1) is 21.8. The number of hydrogen-bond acceptors (Lipinski definition) is 4. The van der Waals surface area contributed by atoms with Gasteiger partial charge >= 0.3 is 0 Å². The first-order valence-electron chi connectivity index (χ1n) is 10.5. The zero-order valence-corrected chi connectivity index (χ0v) is 18.7. The Balaban J connectivity index is 1.27. The summed E-state index contributed by atoms with van der Waals surface area (Å²) in [5, 5.41) is 3.68. The average Bonchev–Trinajstić information content (AvgIpc) is 2.76. The van der Waals surface area contributed by atoms with Crippen LogP contribution in [0.5, 0.6) is 0 Å². The predicted molar refractivity (Wildman–Crippen MR) is 124 cm³/mol. The minimum atomic E-state index is -0.275. The summed E-state index contributed by atoms with van der Waals surface area (Å²) in [6, 6.07) is 12.0. The van der Waals surface area contributed by atoms with Crippen LogP contribution in [0.3, 0.4) is 0 Å². The highest BCUT2D eigenvalue weighted by Crippen LogP contribution is 2.36. The second kappa shape index (κ2) is 9.78. The Morgan fingerprint density at radius 3 is 2.94 bits per heavy atom. The fourth-order valence-corrected chi connectivity index (χ4v) is 5.31. The maximum atomic E-state index is 13.6. The Hall–Kier alpha value is -2.45. The summed E-state index contributed by atoms with van der Waals surface area (Å²) in [6.07, 6.45) is 3.51. The normalized spacial score (nSPS) is 15.6. The molecule has 0 fully saturated rings. The molecular weight excluding hydrogens is 433 g/mol. The van der Waals surface area contributed by atoms with Crippen molar-refractivity contribution in [1.29, 1.82) is 0 Å². The summed E-state index contributed by atoms with van der Waals surface area (Å²) < 4.78 is 15.6. The molecular formula is C23H24FN3O2S2. The number of thioether (sulfide) groups is 1. The highest BCUT2D eigenvalue weighted by Gasteiger charge is 2.22. The Morgan fingerprint density at radius 1 is 1.23 bits per heavy atom. The minimum absolute atomic E-state index is 0.0210. The number of benzene rings is 2. The molecule has 5 nitrogen and oxygen atoms in total. The van der Waals surface area contributed by atoms with Gasteiger partial charge in [0, 0.05) is 23.6 Å². The Bertz CT molecular complexity index is 1220. The highest BCUT2D eigenvalue weighted by atomic mass is 32.2. The average molecular weight is 458 g/mol. The van der Waals surface area contributed by atoms with E-state index < -0.39 is 0 Å². The number of para-hydroxylation sites is 1. The number of nitrogens with one attached hydrogen (secondary N) is 2. The number of nitrogens with zero attached hydrogens (tertiary/aromatic N) is 1.